The van der Waals surface area contributed by atoms with Gasteiger partial charge in [-0.05, 0) is 0 Å². The van der Waals surface area contributed by atoms with E-state index in [0.717, 1.165) is 0 Å². The van der Waals surface area contributed by atoms with Crippen molar-refractivity contribution in [3.05, 3.63) is 60.7 Å². The molecule has 0 radical (unpaired) electrons. The molecule has 0 N–H and O–H groups in total. The molecule has 0 aliphatic carbocycles. The van der Waals surface area contributed by atoms with E-state index in [1.807, 2.05) is 36.4 Å². The maximum atomic E-state index is 11.6. The fraction of sp³-hybridized carbons (Fsp3) is 0. The minimum absolute atomic E-state index is 0.586. The van der Waals surface area contributed by atoms with Gasteiger partial charge in [0, 0.05) is 0 Å². The van der Waals surface area contributed by atoms with Crippen LogP contribution in [0.25, 0.3) is 0 Å². The van der Waals surface area contributed by atoms with Gasteiger partial charge < -0.3 is 0 Å². The number of para-hydroxylation sites is 2. The van der Waals surface area contributed by atoms with Crippen LogP contribution in [0.5, 0.6) is 11.5 Å². The van der Waals surface area contributed by atoms with Gasteiger partial charge in [0.2, 0.25) is 0 Å². The predicted octanol–water partition coefficient (Wildman–Crippen LogP) is 2.29. The molecule has 0 fully saturated rings. The van der Waals surface area contributed by atoms with Gasteiger partial charge in [-0.25, -0.2) is 0 Å². The number of hydrogen-bond donors (Lipinski definition) is 0. The summed E-state index contributed by atoms with van der Waals surface area (Å²) in [5, 5.41) is 0. The Morgan fingerprint density at radius 1 is 0.688 bits per heavy atom. The van der Waals surface area contributed by atoms with Gasteiger partial charge in [0.25, 0.3) is 0 Å². The van der Waals surface area contributed by atoms with E-state index < -0.39 is 21.0 Å². The van der Waals surface area contributed by atoms with Crippen LogP contribution in [0.1, 0.15) is 0 Å². The van der Waals surface area contributed by atoms with Crippen molar-refractivity contribution in [2.45, 2.75) is 0 Å². The SMILES string of the molecule is [O]=[SbH]([O]c1ccccc1)[O]c1ccccc1. The van der Waals surface area contributed by atoms with Gasteiger partial charge in [-0.15, -0.1) is 0 Å². The van der Waals surface area contributed by atoms with Gasteiger partial charge in [0.05, 0.1) is 0 Å². The Kier molecular flexibility index (Phi) is 3.95. The van der Waals surface area contributed by atoms with Crippen LogP contribution in [0.4, 0.5) is 0 Å². The Bertz CT molecular complexity index is 413. The van der Waals surface area contributed by atoms with E-state index >= 15 is 0 Å². The fourth-order valence-corrected chi connectivity index (χ4v) is 3.18. The van der Waals surface area contributed by atoms with Crippen LogP contribution in [0.3, 0.4) is 0 Å². The van der Waals surface area contributed by atoms with Crippen LogP contribution in [0.2, 0.25) is 0 Å². The van der Waals surface area contributed by atoms with E-state index in [0.29, 0.717) is 11.5 Å². The first kappa shape index (κ1) is 11.2. The average Bonchev–Trinajstić information content (AvgIpc) is 2.31. The molecule has 0 saturated heterocycles. The van der Waals surface area contributed by atoms with E-state index in [-0.39, 0.29) is 0 Å². The summed E-state index contributed by atoms with van der Waals surface area (Å²) >= 11 is -3.47. The summed E-state index contributed by atoms with van der Waals surface area (Å²) in [6.45, 7) is 0. The van der Waals surface area contributed by atoms with Gasteiger partial charge in [-0.1, -0.05) is 0 Å². The zero-order chi connectivity index (χ0) is 11.2. The Morgan fingerprint density at radius 3 is 1.44 bits per heavy atom. The van der Waals surface area contributed by atoms with Crippen molar-refractivity contribution >= 4 is 21.0 Å². The monoisotopic (exact) mass is 324 g/mol. The molecule has 0 aliphatic rings. The Balaban J connectivity index is 1.95. The zero-order valence-electron chi connectivity index (χ0n) is 8.50. The topological polar surface area (TPSA) is 35.5 Å². The van der Waals surface area contributed by atoms with Gasteiger partial charge in [-0.3, -0.25) is 0 Å². The molecular formula is C12H11O3Sb. The second kappa shape index (κ2) is 5.66. The summed E-state index contributed by atoms with van der Waals surface area (Å²) in [6, 6.07) is 18.1. The van der Waals surface area contributed by atoms with Crippen molar-refractivity contribution in [3.63, 3.8) is 0 Å². The molecule has 0 aromatic heterocycles. The molecular weight excluding hydrogens is 314 g/mol. The van der Waals surface area contributed by atoms with Crippen molar-refractivity contribution < 1.29 is 9.05 Å². The third kappa shape index (κ3) is 3.35. The molecule has 2 aromatic rings. The van der Waals surface area contributed by atoms with Gasteiger partial charge in [0.1, 0.15) is 0 Å². The molecule has 82 valence electrons. The third-order valence-corrected chi connectivity index (χ3v) is 4.19. The molecule has 4 heteroatoms. The number of rotatable bonds is 4. The molecule has 0 bridgehead atoms. The van der Waals surface area contributed by atoms with E-state index in [2.05, 4.69) is 0 Å². The molecule has 3 nitrogen and oxygen atoms in total. The van der Waals surface area contributed by atoms with Crippen LogP contribution in [0, 0.1) is 0 Å². The first-order valence-electron chi connectivity index (χ1n) is 4.84. The predicted molar refractivity (Wildman–Crippen MR) is 62.0 cm³/mol. The van der Waals surface area contributed by atoms with Crippen LogP contribution < -0.4 is 6.03 Å². The first-order chi connectivity index (χ1) is 7.84. The van der Waals surface area contributed by atoms with Crippen LogP contribution in [0.15, 0.2) is 60.7 Å². The molecule has 0 aliphatic heterocycles. The van der Waals surface area contributed by atoms with Crippen molar-refractivity contribution in [1.29, 1.82) is 0 Å². The molecule has 0 saturated carbocycles. The van der Waals surface area contributed by atoms with E-state index in [9.17, 15) is 3.02 Å². The van der Waals surface area contributed by atoms with Crippen LogP contribution >= 0.6 is 0 Å². The van der Waals surface area contributed by atoms with Gasteiger partial charge in [0.15, 0.2) is 0 Å². The van der Waals surface area contributed by atoms with E-state index in [1.54, 1.807) is 24.3 Å². The second-order valence-electron chi connectivity index (χ2n) is 3.08. The molecule has 0 amide bonds. The molecule has 0 spiro atoms. The third-order valence-electron chi connectivity index (χ3n) is 1.89. The van der Waals surface area contributed by atoms with Crippen LogP contribution in [-0.4, -0.2) is 21.0 Å². The quantitative estimate of drug-likeness (QED) is 0.809. The standard InChI is InChI=1S/2C6H6O.O.Sb.H/c2*7-6-4-2-1-3-5-6;;;/h2*1-5,7H;;;/q;;;+2;/p-2. The van der Waals surface area contributed by atoms with Gasteiger partial charge in [-0.2, -0.15) is 0 Å². The van der Waals surface area contributed by atoms with E-state index in [4.69, 9.17) is 6.03 Å². The normalized spacial score (nSPS) is 10.1. The fourth-order valence-electron chi connectivity index (χ4n) is 1.19. The molecule has 2 aromatic carbocycles. The minimum atomic E-state index is -3.47. The van der Waals surface area contributed by atoms with Crippen molar-refractivity contribution in [1.82, 2.24) is 0 Å². The van der Waals surface area contributed by atoms with Crippen molar-refractivity contribution in [2.24, 2.45) is 0 Å². The van der Waals surface area contributed by atoms with E-state index in [1.165, 1.54) is 0 Å². The maximum absolute atomic E-state index is 11.6. The summed E-state index contributed by atoms with van der Waals surface area (Å²) in [6.07, 6.45) is 0. The van der Waals surface area contributed by atoms with Crippen molar-refractivity contribution in [2.75, 3.05) is 0 Å². The second-order valence-corrected chi connectivity index (χ2v) is 5.67. The Labute approximate surface area is 102 Å². The summed E-state index contributed by atoms with van der Waals surface area (Å²) < 4.78 is 22.1. The summed E-state index contributed by atoms with van der Waals surface area (Å²) in [5.41, 5.74) is 0. The molecule has 0 heterocycles. The molecule has 0 unspecified atom stereocenters. The van der Waals surface area contributed by atoms with Crippen LogP contribution in [-0.2, 0) is 3.02 Å². The number of benzene rings is 2. The summed E-state index contributed by atoms with van der Waals surface area (Å²) in [4.78, 5) is 0. The molecule has 0 atom stereocenters. The summed E-state index contributed by atoms with van der Waals surface area (Å²) in [5.74, 6) is 1.17. The molecule has 16 heavy (non-hydrogen) atoms. The first-order valence-corrected chi connectivity index (χ1v) is 8.34. The Hall–Kier alpha value is -1.34. The van der Waals surface area contributed by atoms with Gasteiger partial charge >= 0.3 is 102 Å². The number of hydrogen-bond acceptors (Lipinski definition) is 3. The zero-order valence-corrected chi connectivity index (χ0v) is 11.4. The summed E-state index contributed by atoms with van der Waals surface area (Å²) in [7, 11) is 0. The average molecular weight is 325 g/mol. The Morgan fingerprint density at radius 2 is 1.06 bits per heavy atom. The van der Waals surface area contributed by atoms with Crippen molar-refractivity contribution in [3.8, 4) is 11.5 Å². The molecule has 2 rings (SSSR count).